The molecule has 7 heteroatoms. The summed E-state index contributed by atoms with van der Waals surface area (Å²) in [5.74, 6) is 1.76. The fourth-order valence-electron chi connectivity index (χ4n) is 3.82. The Kier molecular flexibility index (Phi) is 3.78. The molecule has 0 radical (unpaired) electrons. The summed E-state index contributed by atoms with van der Waals surface area (Å²) in [4.78, 5) is 11.9. The van der Waals surface area contributed by atoms with Crippen LogP contribution in [-0.2, 0) is 17.6 Å². The number of nitrogens with one attached hydrogen (secondary N) is 2. The van der Waals surface area contributed by atoms with Crippen LogP contribution >= 0.6 is 0 Å². The maximum atomic E-state index is 11.9. The zero-order valence-corrected chi connectivity index (χ0v) is 14.4. The standard InChI is InChI=1S/C18H21N5O2/c1-3-11(2)25-17(24)19-13-4-5-14-12(8-13)10-18(6-7-18)15(14)9-16-20-22-23-21-16/h3-5,8,15H,6-7,9-10H2,1-2H3,(H,19,24)(H,20,21,22,23)/b11-3-. The second-order valence-electron chi connectivity index (χ2n) is 6.95. The minimum absolute atomic E-state index is 0.337. The Morgan fingerprint density at radius 1 is 1.48 bits per heavy atom. The Morgan fingerprint density at radius 3 is 3.00 bits per heavy atom. The number of rotatable bonds is 4. The quantitative estimate of drug-likeness (QED) is 0.834. The van der Waals surface area contributed by atoms with Gasteiger partial charge < -0.3 is 4.74 Å². The summed E-state index contributed by atoms with van der Waals surface area (Å²) >= 11 is 0. The van der Waals surface area contributed by atoms with Gasteiger partial charge in [-0.2, -0.15) is 5.21 Å². The van der Waals surface area contributed by atoms with Crippen LogP contribution in [0.25, 0.3) is 0 Å². The van der Waals surface area contributed by atoms with Gasteiger partial charge in [-0.25, -0.2) is 4.79 Å². The molecule has 1 aromatic carbocycles. The van der Waals surface area contributed by atoms with Gasteiger partial charge in [-0.1, -0.05) is 11.3 Å². The second kappa shape index (κ2) is 5.98. The van der Waals surface area contributed by atoms with E-state index in [0.29, 0.717) is 17.1 Å². The number of anilines is 1. The number of amides is 1. The van der Waals surface area contributed by atoms with E-state index in [-0.39, 0.29) is 0 Å². The molecule has 0 bridgehead atoms. The average molecular weight is 339 g/mol. The van der Waals surface area contributed by atoms with E-state index in [0.717, 1.165) is 24.4 Å². The zero-order chi connectivity index (χ0) is 17.4. The number of aromatic nitrogens is 4. The number of ether oxygens (including phenoxy) is 1. The van der Waals surface area contributed by atoms with Crippen LogP contribution in [0.4, 0.5) is 10.5 Å². The number of hydrogen-bond acceptors (Lipinski definition) is 5. The first-order valence-electron chi connectivity index (χ1n) is 8.56. The van der Waals surface area contributed by atoms with E-state index in [1.165, 1.54) is 24.0 Å². The first-order valence-corrected chi connectivity index (χ1v) is 8.56. The third-order valence-electron chi connectivity index (χ3n) is 5.37. The van der Waals surface area contributed by atoms with Gasteiger partial charge in [0.25, 0.3) is 0 Å². The molecule has 0 aliphatic heterocycles. The maximum Gasteiger partial charge on any atom is 0.416 e. The molecule has 2 aliphatic carbocycles. The van der Waals surface area contributed by atoms with E-state index in [4.69, 9.17) is 4.74 Å². The van der Waals surface area contributed by atoms with Gasteiger partial charge >= 0.3 is 6.09 Å². The van der Waals surface area contributed by atoms with Crippen molar-refractivity contribution in [3.05, 3.63) is 47.0 Å². The molecular formula is C18H21N5O2. The number of tetrazole rings is 1. The number of fused-ring (bicyclic) bond motifs is 1. The topological polar surface area (TPSA) is 92.8 Å². The normalized spacial score (nSPS) is 20.4. The number of allylic oxidation sites excluding steroid dienone is 2. The highest BCUT2D eigenvalue weighted by atomic mass is 16.6. The number of nitrogens with zero attached hydrogens (tertiary/aromatic N) is 3. The molecule has 1 aromatic heterocycles. The van der Waals surface area contributed by atoms with Crippen molar-refractivity contribution in [1.29, 1.82) is 0 Å². The summed E-state index contributed by atoms with van der Waals surface area (Å²) in [5.41, 5.74) is 3.74. The Morgan fingerprint density at radius 2 is 2.32 bits per heavy atom. The molecule has 25 heavy (non-hydrogen) atoms. The zero-order valence-electron chi connectivity index (χ0n) is 14.4. The summed E-state index contributed by atoms with van der Waals surface area (Å²) in [6.45, 7) is 3.58. The molecule has 0 saturated heterocycles. The van der Waals surface area contributed by atoms with E-state index in [1.54, 1.807) is 13.0 Å². The maximum absolute atomic E-state index is 11.9. The molecule has 2 aliphatic rings. The highest BCUT2D eigenvalue weighted by molar-refractivity contribution is 5.85. The lowest BCUT2D eigenvalue weighted by molar-refractivity contribution is 0.191. The van der Waals surface area contributed by atoms with Crippen LogP contribution in [0.1, 0.15) is 49.6 Å². The minimum atomic E-state index is -0.460. The summed E-state index contributed by atoms with van der Waals surface area (Å²) in [5, 5.41) is 17.2. The average Bonchev–Trinajstić information content (AvgIpc) is 3.05. The van der Waals surface area contributed by atoms with Crippen molar-refractivity contribution in [2.45, 2.75) is 45.4 Å². The predicted octanol–water partition coefficient (Wildman–Crippen LogP) is 3.33. The van der Waals surface area contributed by atoms with Gasteiger partial charge in [0, 0.05) is 12.1 Å². The van der Waals surface area contributed by atoms with E-state index < -0.39 is 6.09 Å². The van der Waals surface area contributed by atoms with Crippen molar-refractivity contribution in [2.75, 3.05) is 5.32 Å². The van der Waals surface area contributed by atoms with E-state index in [9.17, 15) is 4.79 Å². The molecule has 130 valence electrons. The third-order valence-corrected chi connectivity index (χ3v) is 5.37. The molecule has 1 spiro atoms. The minimum Gasteiger partial charge on any atom is -0.415 e. The van der Waals surface area contributed by atoms with Crippen LogP contribution in [0.3, 0.4) is 0 Å². The van der Waals surface area contributed by atoms with Gasteiger partial charge in [0.2, 0.25) is 0 Å². The van der Waals surface area contributed by atoms with Gasteiger partial charge in [0.1, 0.15) is 5.76 Å². The second-order valence-corrected chi connectivity index (χ2v) is 6.95. The fraction of sp³-hybridized carbons (Fsp3) is 0.444. The SMILES string of the molecule is C/C=C(/C)OC(=O)Nc1ccc2c(c1)CC1(CC1)C2Cc1nn[nH]n1. The third kappa shape index (κ3) is 3.01. The van der Waals surface area contributed by atoms with Crippen LogP contribution in [0.2, 0.25) is 0 Å². The molecule has 1 fully saturated rings. The molecule has 2 aromatic rings. The van der Waals surface area contributed by atoms with Gasteiger partial charge in [-0.05, 0) is 73.8 Å². The van der Waals surface area contributed by atoms with Crippen LogP contribution in [0.5, 0.6) is 0 Å². The van der Waals surface area contributed by atoms with Gasteiger partial charge in [-0.15, -0.1) is 10.2 Å². The number of carbonyl (C=O) groups is 1. The van der Waals surface area contributed by atoms with E-state index >= 15 is 0 Å². The molecule has 1 heterocycles. The summed E-state index contributed by atoms with van der Waals surface area (Å²) < 4.78 is 5.15. The lowest BCUT2D eigenvalue weighted by Gasteiger charge is -2.17. The molecule has 4 rings (SSSR count). The number of hydrogen-bond donors (Lipinski definition) is 2. The van der Waals surface area contributed by atoms with Gasteiger partial charge in [0.05, 0.1) is 0 Å². The molecule has 1 unspecified atom stereocenters. The lowest BCUT2D eigenvalue weighted by Crippen LogP contribution is -2.13. The van der Waals surface area contributed by atoms with Crippen LogP contribution in [-0.4, -0.2) is 26.7 Å². The molecular weight excluding hydrogens is 318 g/mol. The molecule has 2 N–H and O–H groups in total. The van der Waals surface area contributed by atoms with Crippen molar-refractivity contribution < 1.29 is 9.53 Å². The van der Waals surface area contributed by atoms with Crippen molar-refractivity contribution in [3.63, 3.8) is 0 Å². The Labute approximate surface area is 145 Å². The molecule has 1 amide bonds. The summed E-state index contributed by atoms with van der Waals surface area (Å²) in [6.07, 6.45) is 5.60. The summed E-state index contributed by atoms with van der Waals surface area (Å²) in [7, 11) is 0. The molecule has 1 saturated carbocycles. The van der Waals surface area contributed by atoms with E-state index in [1.807, 2.05) is 13.0 Å². The largest absolute Gasteiger partial charge is 0.416 e. The predicted molar refractivity (Wildman–Crippen MR) is 92.0 cm³/mol. The Bertz CT molecular complexity index is 824. The number of benzene rings is 1. The van der Waals surface area contributed by atoms with Crippen LogP contribution in [0, 0.1) is 5.41 Å². The van der Waals surface area contributed by atoms with Crippen molar-refractivity contribution in [2.24, 2.45) is 5.41 Å². The fourth-order valence-corrected chi connectivity index (χ4v) is 3.82. The molecule has 7 nitrogen and oxygen atoms in total. The highest BCUT2D eigenvalue weighted by Gasteiger charge is 2.54. The van der Waals surface area contributed by atoms with Crippen molar-refractivity contribution >= 4 is 11.8 Å². The summed E-state index contributed by atoms with van der Waals surface area (Å²) in [6, 6.07) is 6.12. The number of aromatic amines is 1. The molecule has 1 atom stereocenters. The highest BCUT2D eigenvalue weighted by Crippen LogP contribution is 2.63. The van der Waals surface area contributed by atoms with E-state index in [2.05, 4.69) is 38.1 Å². The Balaban J connectivity index is 1.53. The van der Waals surface area contributed by atoms with Gasteiger partial charge in [-0.3, -0.25) is 5.32 Å². The van der Waals surface area contributed by atoms with Crippen molar-refractivity contribution in [1.82, 2.24) is 20.6 Å². The van der Waals surface area contributed by atoms with Gasteiger partial charge in [0.15, 0.2) is 5.82 Å². The van der Waals surface area contributed by atoms with Crippen LogP contribution in [0.15, 0.2) is 30.0 Å². The van der Waals surface area contributed by atoms with Crippen LogP contribution < -0.4 is 5.32 Å². The first kappa shape index (κ1) is 15.8. The first-order chi connectivity index (χ1) is 12.1. The Hall–Kier alpha value is -2.70. The number of H-pyrrole nitrogens is 1. The smallest absolute Gasteiger partial charge is 0.415 e. The lowest BCUT2D eigenvalue weighted by atomic mass is 9.86. The monoisotopic (exact) mass is 339 g/mol. The van der Waals surface area contributed by atoms with Crippen molar-refractivity contribution in [3.8, 4) is 0 Å². The number of carbonyl (C=O) groups excluding carboxylic acids is 1.